The van der Waals surface area contributed by atoms with Gasteiger partial charge in [-0.2, -0.15) is 0 Å². The number of aliphatic hydroxyl groups is 1. The molecule has 1 amide bonds. The summed E-state index contributed by atoms with van der Waals surface area (Å²) < 4.78 is 0. The van der Waals surface area contributed by atoms with E-state index in [2.05, 4.69) is 0 Å². The van der Waals surface area contributed by atoms with Gasteiger partial charge in [-0.15, -0.1) is 0 Å². The Balaban J connectivity index is 1.57. The summed E-state index contributed by atoms with van der Waals surface area (Å²) >= 11 is 0. The first-order valence-electron chi connectivity index (χ1n) is 10.2. The van der Waals surface area contributed by atoms with Crippen LogP contribution in [0.3, 0.4) is 0 Å². The molecule has 4 nitrogen and oxygen atoms in total. The molecule has 4 atom stereocenters. The summed E-state index contributed by atoms with van der Waals surface area (Å²) in [6.45, 7) is 1.82. The summed E-state index contributed by atoms with van der Waals surface area (Å²) in [6, 6.07) is 18.7. The zero-order valence-corrected chi connectivity index (χ0v) is 16.3. The molecule has 2 aliphatic heterocycles. The van der Waals surface area contributed by atoms with Crippen LogP contribution in [-0.4, -0.2) is 33.8 Å². The molecule has 2 heterocycles. The third kappa shape index (κ3) is 3.26. The van der Waals surface area contributed by atoms with E-state index in [9.17, 15) is 14.7 Å². The van der Waals surface area contributed by atoms with Crippen LogP contribution in [0.4, 0.5) is 0 Å². The van der Waals surface area contributed by atoms with Gasteiger partial charge in [0.2, 0.25) is 5.91 Å². The number of ketones is 1. The van der Waals surface area contributed by atoms with Crippen LogP contribution in [0.1, 0.15) is 54.9 Å². The minimum atomic E-state index is -1.15. The number of Topliss-reactive ketones (excluding diaryl/α,β-unsaturated/α-hetero) is 1. The van der Waals surface area contributed by atoms with Gasteiger partial charge >= 0.3 is 0 Å². The molecule has 28 heavy (non-hydrogen) atoms. The molecule has 1 N–H and O–H groups in total. The average molecular weight is 377 g/mol. The molecular formula is C24H27NO3. The van der Waals surface area contributed by atoms with E-state index in [1.165, 1.54) is 0 Å². The smallest absolute Gasteiger partial charge is 0.229 e. The Hall–Kier alpha value is -2.46. The second-order valence-electron chi connectivity index (χ2n) is 8.19. The lowest BCUT2D eigenvalue weighted by Crippen LogP contribution is -2.62. The predicted octanol–water partition coefficient (Wildman–Crippen LogP) is 3.94. The Morgan fingerprint density at radius 3 is 2.39 bits per heavy atom. The Kier molecular flexibility index (Phi) is 5.07. The second-order valence-corrected chi connectivity index (χ2v) is 8.19. The fourth-order valence-corrected chi connectivity index (χ4v) is 4.94. The molecule has 0 aliphatic carbocycles. The van der Waals surface area contributed by atoms with Crippen LogP contribution in [0.15, 0.2) is 60.7 Å². The average Bonchev–Trinajstić information content (AvgIpc) is 2.73. The van der Waals surface area contributed by atoms with Crippen molar-refractivity contribution in [1.82, 2.24) is 4.90 Å². The molecular weight excluding hydrogens is 350 g/mol. The topological polar surface area (TPSA) is 57.6 Å². The first-order valence-corrected chi connectivity index (χ1v) is 10.2. The van der Waals surface area contributed by atoms with E-state index >= 15 is 0 Å². The minimum absolute atomic E-state index is 0.0174. The quantitative estimate of drug-likeness (QED) is 0.821. The maximum atomic E-state index is 13.3. The standard InChI is InChI=1S/C24H27NO3/c1-17-23(27)25-20(15-22(26)18-9-4-2-5-10-18)13-8-14-21(25)16-24(17,28)19-11-6-3-7-12-19/h2-7,9-12,17,20-21,28H,8,13-16H2,1H3/t17-,20-,21+,24+/m0/s1. The maximum Gasteiger partial charge on any atom is 0.229 e. The summed E-state index contributed by atoms with van der Waals surface area (Å²) in [7, 11) is 0. The maximum absolute atomic E-state index is 13.3. The molecule has 146 valence electrons. The van der Waals surface area contributed by atoms with Gasteiger partial charge in [-0.05, 0) is 24.8 Å². The molecule has 0 unspecified atom stereocenters. The number of benzene rings is 2. The minimum Gasteiger partial charge on any atom is -0.384 e. The summed E-state index contributed by atoms with van der Waals surface area (Å²) in [6.07, 6.45) is 3.57. The van der Waals surface area contributed by atoms with Crippen LogP contribution in [0.5, 0.6) is 0 Å². The highest BCUT2D eigenvalue weighted by Crippen LogP contribution is 2.45. The van der Waals surface area contributed by atoms with Crippen LogP contribution in [0, 0.1) is 5.92 Å². The van der Waals surface area contributed by atoms with Gasteiger partial charge in [-0.3, -0.25) is 9.59 Å². The zero-order chi connectivity index (χ0) is 19.7. The summed E-state index contributed by atoms with van der Waals surface area (Å²) in [5.41, 5.74) is 0.353. The van der Waals surface area contributed by atoms with E-state index in [0.717, 1.165) is 24.8 Å². The van der Waals surface area contributed by atoms with E-state index < -0.39 is 11.5 Å². The molecule has 4 rings (SSSR count). The van der Waals surface area contributed by atoms with Crippen molar-refractivity contribution in [3.63, 3.8) is 0 Å². The molecule has 0 aromatic heterocycles. The summed E-state index contributed by atoms with van der Waals surface area (Å²) in [5, 5.41) is 11.5. The number of carbonyl (C=O) groups is 2. The van der Waals surface area contributed by atoms with Gasteiger partial charge in [-0.25, -0.2) is 0 Å². The highest BCUT2D eigenvalue weighted by atomic mass is 16.3. The van der Waals surface area contributed by atoms with Crippen LogP contribution in [0.25, 0.3) is 0 Å². The van der Waals surface area contributed by atoms with Gasteiger partial charge in [0.1, 0.15) is 5.60 Å². The van der Waals surface area contributed by atoms with Crippen molar-refractivity contribution < 1.29 is 14.7 Å². The molecule has 2 aromatic rings. The van der Waals surface area contributed by atoms with Gasteiger partial charge in [0, 0.05) is 30.5 Å². The van der Waals surface area contributed by atoms with E-state index in [1.54, 1.807) is 0 Å². The third-order valence-corrected chi connectivity index (χ3v) is 6.54. The van der Waals surface area contributed by atoms with Crippen LogP contribution >= 0.6 is 0 Å². The monoisotopic (exact) mass is 377 g/mol. The number of hydrogen-bond donors (Lipinski definition) is 1. The van der Waals surface area contributed by atoms with E-state index in [1.807, 2.05) is 72.5 Å². The van der Waals surface area contributed by atoms with Crippen LogP contribution < -0.4 is 0 Å². The molecule has 4 heteroatoms. The summed E-state index contributed by atoms with van der Waals surface area (Å²) in [4.78, 5) is 28.0. The van der Waals surface area contributed by atoms with Gasteiger partial charge in [0.05, 0.1) is 5.92 Å². The van der Waals surface area contributed by atoms with Crippen molar-refractivity contribution in [2.45, 2.75) is 56.7 Å². The molecule has 2 fully saturated rings. The molecule has 0 bridgehead atoms. The number of hydrogen-bond acceptors (Lipinski definition) is 3. The molecule has 2 aliphatic rings. The molecule has 0 radical (unpaired) electrons. The highest BCUT2D eigenvalue weighted by Gasteiger charge is 2.52. The number of nitrogens with zero attached hydrogens (tertiary/aromatic N) is 1. The number of piperidine rings is 2. The van der Waals surface area contributed by atoms with Gasteiger partial charge < -0.3 is 10.0 Å². The number of amides is 1. The third-order valence-electron chi connectivity index (χ3n) is 6.54. The number of carbonyl (C=O) groups excluding carboxylic acids is 2. The lowest BCUT2D eigenvalue weighted by atomic mass is 9.70. The zero-order valence-electron chi connectivity index (χ0n) is 16.3. The van der Waals surface area contributed by atoms with Gasteiger partial charge in [-0.1, -0.05) is 67.6 Å². The molecule has 2 aromatic carbocycles. The fourth-order valence-electron chi connectivity index (χ4n) is 4.94. The van der Waals surface area contributed by atoms with Gasteiger partial charge in [0.25, 0.3) is 0 Å². The second kappa shape index (κ2) is 7.51. The molecule has 0 spiro atoms. The Morgan fingerprint density at radius 2 is 1.71 bits per heavy atom. The molecule has 2 saturated heterocycles. The van der Waals surface area contributed by atoms with E-state index in [0.29, 0.717) is 18.4 Å². The Bertz CT molecular complexity index is 851. The fraction of sp³-hybridized carbons (Fsp3) is 0.417. The first-order chi connectivity index (χ1) is 13.5. The van der Waals surface area contributed by atoms with E-state index in [-0.39, 0.29) is 23.8 Å². The Labute approximate surface area is 166 Å². The van der Waals surface area contributed by atoms with Crippen molar-refractivity contribution >= 4 is 11.7 Å². The SMILES string of the molecule is C[C@H]1C(=O)N2[C@H](CCC[C@H]2CC(=O)c2ccccc2)C[C@]1(O)c1ccccc1. The highest BCUT2D eigenvalue weighted by molar-refractivity contribution is 5.96. The first kappa shape index (κ1) is 18.9. The number of rotatable bonds is 4. The van der Waals surface area contributed by atoms with Crippen molar-refractivity contribution in [3.05, 3.63) is 71.8 Å². The van der Waals surface area contributed by atoms with Gasteiger partial charge in [0.15, 0.2) is 5.78 Å². The summed E-state index contributed by atoms with van der Waals surface area (Å²) in [5.74, 6) is -0.484. The predicted molar refractivity (Wildman–Crippen MR) is 108 cm³/mol. The van der Waals surface area contributed by atoms with Crippen molar-refractivity contribution in [3.8, 4) is 0 Å². The van der Waals surface area contributed by atoms with E-state index in [4.69, 9.17) is 0 Å². The lowest BCUT2D eigenvalue weighted by molar-refractivity contribution is -0.169. The number of fused-ring (bicyclic) bond motifs is 1. The van der Waals surface area contributed by atoms with Crippen molar-refractivity contribution in [2.75, 3.05) is 0 Å². The Morgan fingerprint density at radius 1 is 1.07 bits per heavy atom. The van der Waals surface area contributed by atoms with Crippen molar-refractivity contribution in [2.24, 2.45) is 5.92 Å². The largest absolute Gasteiger partial charge is 0.384 e. The normalized spacial score (nSPS) is 30.0. The van der Waals surface area contributed by atoms with Crippen LogP contribution in [-0.2, 0) is 10.4 Å². The molecule has 0 saturated carbocycles. The van der Waals surface area contributed by atoms with Crippen LogP contribution in [0.2, 0.25) is 0 Å². The van der Waals surface area contributed by atoms with Crippen molar-refractivity contribution in [1.29, 1.82) is 0 Å². The lowest BCUT2D eigenvalue weighted by Gasteiger charge is -2.52.